The van der Waals surface area contributed by atoms with Gasteiger partial charge in [-0.1, -0.05) is 36.4 Å². The molecule has 0 aliphatic carbocycles. The third kappa shape index (κ3) is 2.46. The highest BCUT2D eigenvalue weighted by molar-refractivity contribution is 6.00. The van der Waals surface area contributed by atoms with Crippen LogP contribution in [0.15, 0.2) is 43.0 Å². The maximum absolute atomic E-state index is 12.5. The van der Waals surface area contributed by atoms with Gasteiger partial charge in [-0.15, -0.1) is 6.58 Å². The Labute approximate surface area is 119 Å². The van der Waals surface area contributed by atoms with E-state index in [0.717, 1.165) is 5.56 Å². The van der Waals surface area contributed by atoms with Gasteiger partial charge in [0.15, 0.2) is 0 Å². The van der Waals surface area contributed by atoms with E-state index in [1.165, 1.54) is 7.11 Å². The minimum absolute atomic E-state index is 0.0687. The fraction of sp³-hybridized carbons (Fsp3) is 0.375. The van der Waals surface area contributed by atoms with Gasteiger partial charge in [-0.2, -0.15) is 0 Å². The summed E-state index contributed by atoms with van der Waals surface area (Å²) in [7, 11) is 1.30. The minimum atomic E-state index is -0.760. The van der Waals surface area contributed by atoms with Gasteiger partial charge in [-0.05, 0) is 12.5 Å². The molecule has 0 radical (unpaired) electrons. The first-order valence-corrected chi connectivity index (χ1v) is 6.66. The van der Waals surface area contributed by atoms with Gasteiger partial charge < -0.3 is 9.64 Å². The van der Waals surface area contributed by atoms with E-state index in [1.54, 1.807) is 11.0 Å². The number of nitrogens with zero attached hydrogens (tertiary/aromatic N) is 1. The van der Waals surface area contributed by atoms with E-state index in [4.69, 9.17) is 4.74 Å². The van der Waals surface area contributed by atoms with Crippen molar-refractivity contribution >= 4 is 11.9 Å². The minimum Gasteiger partial charge on any atom is -0.468 e. The predicted octanol–water partition coefficient (Wildman–Crippen LogP) is 2.18. The van der Waals surface area contributed by atoms with E-state index < -0.39 is 11.9 Å². The fourth-order valence-corrected chi connectivity index (χ4v) is 2.66. The number of hydrogen-bond donors (Lipinski definition) is 0. The predicted molar refractivity (Wildman–Crippen MR) is 75.8 cm³/mol. The maximum atomic E-state index is 12.5. The molecule has 1 aromatic carbocycles. The van der Waals surface area contributed by atoms with Crippen molar-refractivity contribution < 1.29 is 14.3 Å². The maximum Gasteiger partial charge on any atom is 0.318 e. The van der Waals surface area contributed by atoms with Crippen LogP contribution in [0.3, 0.4) is 0 Å². The fourth-order valence-electron chi connectivity index (χ4n) is 2.66. The van der Waals surface area contributed by atoms with Crippen molar-refractivity contribution in [1.82, 2.24) is 4.90 Å². The Morgan fingerprint density at radius 1 is 1.45 bits per heavy atom. The van der Waals surface area contributed by atoms with Gasteiger partial charge >= 0.3 is 5.97 Å². The lowest BCUT2D eigenvalue weighted by Crippen LogP contribution is -2.33. The van der Waals surface area contributed by atoms with Crippen molar-refractivity contribution in [3.63, 3.8) is 0 Å². The molecule has 0 saturated carbocycles. The Balaban J connectivity index is 2.24. The van der Waals surface area contributed by atoms with Gasteiger partial charge in [0.25, 0.3) is 0 Å². The molecule has 1 aliphatic heterocycles. The number of amides is 1. The van der Waals surface area contributed by atoms with Crippen molar-refractivity contribution in [3.8, 4) is 0 Å². The molecular formula is C16H19NO3. The quantitative estimate of drug-likeness (QED) is 0.480. The van der Waals surface area contributed by atoms with Gasteiger partial charge in [-0.3, -0.25) is 9.59 Å². The second-order valence-corrected chi connectivity index (χ2v) is 4.98. The molecular weight excluding hydrogens is 254 g/mol. The van der Waals surface area contributed by atoms with E-state index >= 15 is 0 Å². The van der Waals surface area contributed by atoms with Crippen LogP contribution in [0.4, 0.5) is 0 Å². The SMILES string of the molecule is C=C[C@H]1CN([C@@H](C)c2ccccc2)C(=O)[C@@H]1C(=O)OC. The average Bonchev–Trinajstić information content (AvgIpc) is 2.83. The van der Waals surface area contributed by atoms with Crippen LogP contribution >= 0.6 is 0 Å². The second-order valence-electron chi connectivity index (χ2n) is 4.98. The van der Waals surface area contributed by atoms with Gasteiger partial charge in [0.2, 0.25) is 5.91 Å². The summed E-state index contributed by atoms with van der Waals surface area (Å²) in [4.78, 5) is 26.0. The summed E-state index contributed by atoms with van der Waals surface area (Å²) in [5, 5.41) is 0. The van der Waals surface area contributed by atoms with E-state index in [-0.39, 0.29) is 17.9 Å². The largest absolute Gasteiger partial charge is 0.468 e. The lowest BCUT2D eigenvalue weighted by Gasteiger charge is -2.25. The van der Waals surface area contributed by atoms with Crippen molar-refractivity contribution in [2.24, 2.45) is 11.8 Å². The highest BCUT2D eigenvalue weighted by Gasteiger charge is 2.45. The Morgan fingerprint density at radius 3 is 2.65 bits per heavy atom. The van der Waals surface area contributed by atoms with E-state index in [9.17, 15) is 9.59 Å². The topological polar surface area (TPSA) is 46.6 Å². The summed E-state index contributed by atoms with van der Waals surface area (Å²) in [6.45, 7) is 6.19. The number of likely N-dealkylation sites (tertiary alicyclic amines) is 1. The highest BCUT2D eigenvalue weighted by atomic mass is 16.5. The molecule has 4 nitrogen and oxygen atoms in total. The molecule has 20 heavy (non-hydrogen) atoms. The number of methoxy groups -OCH3 is 1. The van der Waals surface area contributed by atoms with Gasteiger partial charge in [0.05, 0.1) is 13.2 Å². The summed E-state index contributed by atoms with van der Waals surface area (Å²) in [6.07, 6.45) is 1.66. The molecule has 1 saturated heterocycles. The molecule has 106 valence electrons. The first-order valence-electron chi connectivity index (χ1n) is 6.66. The number of carbonyl (C=O) groups is 2. The molecule has 1 aliphatic rings. The van der Waals surface area contributed by atoms with Crippen LogP contribution in [0.1, 0.15) is 18.5 Å². The highest BCUT2D eigenvalue weighted by Crippen LogP contribution is 2.33. The van der Waals surface area contributed by atoms with Gasteiger partial charge in [0.1, 0.15) is 5.92 Å². The van der Waals surface area contributed by atoms with Crippen molar-refractivity contribution in [1.29, 1.82) is 0 Å². The zero-order valence-electron chi connectivity index (χ0n) is 11.8. The zero-order chi connectivity index (χ0) is 14.7. The van der Waals surface area contributed by atoms with E-state index in [0.29, 0.717) is 6.54 Å². The smallest absolute Gasteiger partial charge is 0.318 e. The molecule has 1 heterocycles. The Kier molecular flexibility index (Phi) is 4.23. The lowest BCUT2D eigenvalue weighted by molar-refractivity contribution is -0.151. The Hall–Kier alpha value is -2.10. The van der Waals surface area contributed by atoms with Gasteiger partial charge in [-0.25, -0.2) is 0 Å². The van der Waals surface area contributed by atoms with Crippen molar-refractivity contribution in [3.05, 3.63) is 48.6 Å². The second kappa shape index (κ2) is 5.90. The third-order valence-electron chi connectivity index (χ3n) is 3.89. The third-order valence-corrected chi connectivity index (χ3v) is 3.89. The molecule has 0 unspecified atom stereocenters. The van der Waals surface area contributed by atoms with E-state index in [1.807, 2.05) is 37.3 Å². The average molecular weight is 273 g/mol. The van der Waals surface area contributed by atoms with Crippen LogP contribution in [0.2, 0.25) is 0 Å². The standard InChI is InChI=1S/C16H19NO3/c1-4-12-10-17(15(18)14(12)16(19)20-3)11(2)13-8-6-5-7-9-13/h4-9,11-12,14H,1,10H2,2-3H3/t11-,12-,14+/m0/s1. The number of rotatable bonds is 4. The first kappa shape index (κ1) is 14.3. The van der Waals surface area contributed by atoms with E-state index in [2.05, 4.69) is 6.58 Å². The molecule has 1 aromatic rings. The molecule has 4 heteroatoms. The van der Waals surface area contributed by atoms with Crippen LogP contribution in [0.5, 0.6) is 0 Å². The number of ether oxygens (including phenoxy) is 1. The van der Waals surface area contributed by atoms with Crippen molar-refractivity contribution in [2.45, 2.75) is 13.0 Å². The molecule has 3 atom stereocenters. The molecule has 1 fully saturated rings. The summed E-state index contributed by atoms with van der Waals surface area (Å²) < 4.78 is 4.74. The Morgan fingerprint density at radius 2 is 2.10 bits per heavy atom. The number of hydrogen-bond acceptors (Lipinski definition) is 3. The summed E-state index contributed by atoms with van der Waals surface area (Å²) >= 11 is 0. The molecule has 1 amide bonds. The number of benzene rings is 1. The van der Waals surface area contributed by atoms with Crippen LogP contribution < -0.4 is 0 Å². The monoisotopic (exact) mass is 273 g/mol. The molecule has 2 rings (SSSR count). The summed E-state index contributed by atoms with van der Waals surface area (Å²) in [5.74, 6) is -1.62. The summed E-state index contributed by atoms with van der Waals surface area (Å²) in [5.41, 5.74) is 1.05. The van der Waals surface area contributed by atoms with Crippen molar-refractivity contribution in [2.75, 3.05) is 13.7 Å². The van der Waals surface area contributed by atoms with Crippen LogP contribution in [0, 0.1) is 11.8 Å². The van der Waals surface area contributed by atoms with Crippen LogP contribution in [-0.4, -0.2) is 30.4 Å². The first-order chi connectivity index (χ1) is 9.60. The number of esters is 1. The normalized spacial score (nSPS) is 23.5. The molecule has 0 N–H and O–H groups in total. The Bertz CT molecular complexity index is 512. The van der Waals surface area contributed by atoms with Crippen LogP contribution in [0.25, 0.3) is 0 Å². The number of carbonyl (C=O) groups excluding carboxylic acids is 2. The molecule has 0 spiro atoms. The molecule has 0 bridgehead atoms. The lowest BCUT2D eigenvalue weighted by atomic mass is 9.96. The molecule has 0 aromatic heterocycles. The summed E-state index contributed by atoms with van der Waals surface area (Å²) in [6, 6.07) is 9.70. The van der Waals surface area contributed by atoms with Crippen LogP contribution in [-0.2, 0) is 14.3 Å². The van der Waals surface area contributed by atoms with Gasteiger partial charge in [0, 0.05) is 12.5 Å². The zero-order valence-corrected chi connectivity index (χ0v) is 11.8.